The number of hydrogen-bond acceptors (Lipinski definition) is 7. The van der Waals surface area contributed by atoms with E-state index >= 15 is 0 Å². The van der Waals surface area contributed by atoms with Crippen LogP contribution in [0.2, 0.25) is 10.0 Å². The molecule has 1 unspecified atom stereocenters. The molecule has 0 bridgehead atoms. The van der Waals surface area contributed by atoms with Crippen molar-refractivity contribution < 1.29 is 17.6 Å². The molecule has 1 fully saturated rings. The Bertz CT molecular complexity index is 1660. The Morgan fingerprint density at radius 3 is 2.66 bits per heavy atom. The van der Waals surface area contributed by atoms with Crippen molar-refractivity contribution in [3.8, 4) is 11.1 Å². The molecule has 14 heteroatoms. The van der Waals surface area contributed by atoms with Crippen LogP contribution in [0.1, 0.15) is 37.5 Å². The number of sulfone groups is 1. The van der Waals surface area contributed by atoms with Crippen LogP contribution in [0.4, 0.5) is 4.39 Å². The average molecular weight is 583 g/mol. The number of aromatic amines is 1. The van der Waals surface area contributed by atoms with Crippen molar-refractivity contribution in [1.82, 2.24) is 29.4 Å². The third kappa shape index (κ3) is 5.44. The Balaban J connectivity index is 1.38. The first kappa shape index (κ1) is 26.7. The monoisotopic (exact) mass is 582 g/mol. The molecule has 1 aliphatic rings. The van der Waals surface area contributed by atoms with Gasteiger partial charge in [-0.05, 0) is 38.0 Å². The van der Waals surface area contributed by atoms with Gasteiger partial charge in [-0.2, -0.15) is 5.10 Å². The zero-order valence-corrected chi connectivity index (χ0v) is 22.9. The molecule has 3 aromatic heterocycles. The van der Waals surface area contributed by atoms with Crippen molar-refractivity contribution in [2.75, 3.05) is 25.2 Å². The molecular weight excluding hydrogens is 558 g/mol. The molecule has 38 heavy (non-hydrogen) atoms. The summed E-state index contributed by atoms with van der Waals surface area (Å²) in [5.41, 5.74) is 1.86. The minimum absolute atomic E-state index is 0.0619. The van der Waals surface area contributed by atoms with E-state index in [0.717, 1.165) is 29.2 Å². The first-order valence-corrected chi connectivity index (χ1v) is 14.7. The first-order valence-electron chi connectivity index (χ1n) is 11.9. The Morgan fingerprint density at radius 1 is 1.21 bits per heavy atom. The Labute approximate surface area is 227 Å². The number of hydrogen-bond donors (Lipinski definition) is 1. The molecule has 5 rings (SSSR count). The number of halogens is 3. The number of piperidine rings is 1. The Hall–Kier alpha value is -2.93. The van der Waals surface area contributed by atoms with Gasteiger partial charge in [0.15, 0.2) is 21.6 Å². The largest absolute Gasteiger partial charge is 0.401 e. The zero-order chi connectivity index (χ0) is 27.2. The Kier molecular flexibility index (Phi) is 7.25. The summed E-state index contributed by atoms with van der Waals surface area (Å²) in [6.07, 6.45) is 7.21. The standard InChI is InChI=1S/C24H25Cl2FN6O4S/c1-14(21-18(25)3-4-19(27)22(21)26)37-33-20-9-15(10-28-23(20)30-24(33)34)16-11-29-32(12-16)17-5-7-31(8-6-17)13-38(2,35)36/h3-4,9-12,14,17H,5-8,13H2,1-2H3,(H,28,30,34). The van der Waals surface area contributed by atoms with Gasteiger partial charge in [0.1, 0.15) is 17.2 Å². The smallest absolute Gasteiger partial charge is 0.360 e. The van der Waals surface area contributed by atoms with Crippen molar-refractivity contribution in [2.45, 2.75) is 31.9 Å². The number of rotatable bonds is 7. The van der Waals surface area contributed by atoms with E-state index in [1.807, 2.05) is 15.8 Å². The van der Waals surface area contributed by atoms with Gasteiger partial charge >= 0.3 is 5.69 Å². The third-order valence-electron chi connectivity index (χ3n) is 6.53. The molecule has 0 radical (unpaired) electrons. The molecule has 202 valence electrons. The summed E-state index contributed by atoms with van der Waals surface area (Å²) in [4.78, 5) is 27.5. The van der Waals surface area contributed by atoms with Crippen LogP contribution in [-0.2, 0) is 9.84 Å². The molecule has 1 atom stereocenters. The highest BCUT2D eigenvalue weighted by atomic mass is 35.5. The van der Waals surface area contributed by atoms with Crippen LogP contribution in [0.5, 0.6) is 0 Å². The first-order chi connectivity index (χ1) is 18.0. The molecule has 1 aliphatic heterocycles. The van der Waals surface area contributed by atoms with E-state index in [9.17, 15) is 17.6 Å². The van der Waals surface area contributed by atoms with Gasteiger partial charge in [-0.1, -0.05) is 23.2 Å². The number of benzene rings is 1. The lowest BCUT2D eigenvalue weighted by atomic mass is 10.1. The molecule has 0 spiro atoms. The summed E-state index contributed by atoms with van der Waals surface area (Å²) < 4.78 is 40.1. The van der Waals surface area contributed by atoms with Gasteiger partial charge in [0, 0.05) is 53.5 Å². The SMILES string of the molecule is CC(On1c(=O)[nH]c2ncc(-c3cnn(C4CCN(CS(C)(=O)=O)CC4)c3)cc21)c1c(Cl)ccc(F)c1Cl. The van der Waals surface area contributed by atoms with E-state index in [4.69, 9.17) is 28.0 Å². The Morgan fingerprint density at radius 2 is 1.95 bits per heavy atom. The van der Waals surface area contributed by atoms with Gasteiger partial charge in [0.2, 0.25) is 0 Å². The predicted octanol–water partition coefficient (Wildman–Crippen LogP) is 3.86. The van der Waals surface area contributed by atoms with Crippen molar-refractivity contribution >= 4 is 44.2 Å². The number of H-pyrrole nitrogens is 1. The summed E-state index contributed by atoms with van der Waals surface area (Å²) in [5.74, 6) is -0.582. The summed E-state index contributed by atoms with van der Waals surface area (Å²) >= 11 is 12.3. The fourth-order valence-corrected chi connectivity index (χ4v) is 6.29. The van der Waals surface area contributed by atoms with E-state index in [1.54, 1.807) is 25.4 Å². The highest BCUT2D eigenvalue weighted by Gasteiger charge is 2.24. The van der Waals surface area contributed by atoms with E-state index < -0.39 is 27.4 Å². The summed E-state index contributed by atoms with van der Waals surface area (Å²) in [6.45, 7) is 2.95. The minimum Gasteiger partial charge on any atom is -0.401 e. The lowest BCUT2D eigenvalue weighted by Crippen LogP contribution is -2.37. The second kappa shape index (κ2) is 10.3. The summed E-state index contributed by atoms with van der Waals surface area (Å²) in [7, 11) is -3.06. The highest BCUT2D eigenvalue weighted by molar-refractivity contribution is 7.90. The fraction of sp³-hybridized carbons (Fsp3) is 0.375. The lowest BCUT2D eigenvalue weighted by Gasteiger charge is -2.31. The highest BCUT2D eigenvalue weighted by Crippen LogP contribution is 2.33. The van der Waals surface area contributed by atoms with Gasteiger partial charge < -0.3 is 4.84 Å². The average Bonchev–Trinajstić information content (AvgIpc) is 3.46. The van der Waals surface area contributed by atoms with Gasteiger partial charge in [0.25, 0.3) is 0 Å². The predicted molar refractivity (Wildman–Crippen MR) is 143 cm³/mol. The second-order valence-corrected chi connectivity index (χ2v) is 12.3. The van der Waals surface area contributed by atoms with E-state index in [0.29, 0.717) is 29.8 Å². The molecule has 0 amide bonds. The molecule has 1 saturated heterocycles. The number of imidazole rings is 1. The maximum atomic E-state index is 14.0. The van der Waals surface area contributed by atoms with Crippen LogP contribution < -0.4 is 10.5 Å². The summed E-state index contributed by atoms with van der Waals surface area (Å²) in [5, 5.41) is 4.56. The van der Waals surface area contributed by atoms with Crippen molar-refractivity contribution in [3.63, 3.8) is 0 Å². The quantitative estimate of drug-likeness (QED) is 0.329. The molecule has 0 aliphatic carbocycles. The summed E-state index contributed by atoms with van der Waals surface area (Å²) in [6, 6.07) is 4.43. The number of fused-ring (bicyclic) bond motifs is 1. The van der Waals surface area contributed by atoms with E-state index in [2.05, 4.69) is 15.1 Å². The number of likely N-dealkylation sites (tertiary alicyclic amines) is 1. The minimum atomic E-state index is -3.06. The molecule has 0 saturated carbocycles. The van der Waals surface area contributed by atoms with Gasteiger partial charge in [-0.15, -0.1) is 4.73 Å². The van der Waals surface area contributed by atoms with Crippen molar-refractivity contribution in [1.29, 1.82) is 0 Å². The third-order valence-corrected chi connectivity index (χ3v) is 8.08. The van der Waals surface area contributed by atoms with Gasteiger partial charge in [-0.3, -0.25) is 14.6 Å². The lowest BCUT2D eigenvalue weighted by molar-refractivity contribution is 0.0492. The molecule has 1 N–H and O–H groups in total. The van der Waals surface area contributed by atoms with Gasteiger partial charge in [0.05, 0.1) is 17.3 Å². The molecule has 4 aromatic rings. The van der Waals surface area contributed by atoms with Crippen LogP contribution in [-0.4, -0.2) is 63.0 Å². The number of aromatic nitrogens is 5. The van der Waals surface area contributed by atoms with Crippen LogP contribution >= 0.6 is 23.2 Å². The maximum Gasteiger partial charge on any atom is 0.360 e. The van der Waals surface area contributed by atoms with Crippen LogP contribution in [0.15, 0.2) is 41.6 Å². The molecular formula is C24H25Cl2FN6O4S. The number of nitrogens with one attached hydrogen (secondary N) is 1. The number of nitrogens with zero attached hydrogens (tertiary/aromatic N) is 5. The molecule has 4 heterocycles. The van der Waals surface area contributed by atoms with E-state index in [1.165, 1.54) is 12.3 Å². The van der Waals surface area contributed by atoms with Crippen molar-refractivity contribution in [2.24, 2.45) is 0 Å². The van der Waals surface area contributed by atoms with Crippen LogP contribution in [0.25, 0.3) is 22.3 Å². The molecule has 1 aromatic carbocycles. The second-order valence-electron chi connectivity index (χ2n) is 9.43. The van der Waals surface area contributed by atoms with Crippen LogP contribution in [0.3, 0.4) is 0 Å². The van der Waals surface area contributed by atoms with Crippen LogP contribution in [0, 0.1) is 5.82 Å². The topological polar surface area (TPSA) is 115 Å². The van der Waals surface area contributed by atoms with E-state index in [-0.39, 0.29) is 27.5 Å². The maximum absolute atomic E-state index is 14.0. The van der Waals surface area contributed by atoms with Gasteiger partial charge in [-0.25, -0.2) is 22.6 Å². The molecule has 10 nitrogen and oxygen atoms in total. The number of pyridine rings is 1. The normalized spacial score (nSPS) is 16.2. The fourth-order valence-electron chi connectivity index (χ4n) is 4.69. The zero-order valence-electron chi connectivity index (χ0n) is 20.6. The van der Waals surface area contributed by atoms with Crippen molar-refractivity contribution in [3.05, 3.63) is 68.7 Å².